The molecule has 0 spiro atoms. The minimum atomic E-state index is -0.357. The zero-order valence-electron chi connectivity index (χ0n) is 10.5. The third kappa shape index (κ3) is 3.52. The van der Waals surface area contributed by atoms with E-state index in [9.17, 15) is 9.59 Å². The highest BCUT2D eigenvalue weighted by atomic mass is 35.5. The van der Waals surface area contributed by atoms with Crippen molar-refractivity contribution in [2.45, 2.75) is 6.42 Å². The van der Waals surface area contributed by atoms with Crippen LogP contribution in [0.15, 0.2) is 24.3 Å². The van der Waals surface area contributed by atoms with Crippen molar-refractivity contribution in [3.63, 3.8) is 0 Å². The Morgan fingerprint density at radius 3 is 2.90 bits per heavy atom. The molecule has 2 N–H and O–H groups in total. The number of hydrogen-bond donors (Lipinski definition) is 2. The monoisotopic (exact) mass is 310 g/mol. The molecule has 1 heterocycles. The number of halogens is 1. The first-order valence-electron chi connectivity index (χ1n) is 5.69. The third-order valence-electron chi connectivity index (χ3n) is 2.43. The van der Waals surface area contributed by atoms with Gasteiger partial charge in [0.05, 0.1) is 11.3 Å². The van der Waals surface area contributed by atoms with Gasteiger partial charge in [0.2, 0.25) is 5.91 Å². The molecule has 0 aliphatic carbocycles. The van der Waals surface area contributed by atoms with Crippen molar-refractivity contribution >= 4 is 40.6 Å². The van der Waals surface area contributed by atoms with Crippen LogP contribution in [0.4, 0.5) is 5.69 Å². The van der Waals surface area contributed by atoms with Gasteiger partial charge in [-0.1, -0.05) is 22.2 Å². The molecule has 2 rings (SSSR count). The van der Waals surface area contributed by atoms with Crippen molar-refractivity contribution < 1.29 is 9.59 Å². The summed E-state index contributed by atoms with van der Waals surface area (Å²) in [5, 5.41) is 9.41. The molecule has 0 bridgehead atoms. The molecule has 0 saturated heterocycles. The van der Waals surface area contributed by atoms with Gasteiger partial charge in [0, 0.05) is 17.8 Å². The lowest BCUT2D eigenvalue weighted by Gasteiger charge is -2.05. The van der Waals surface area contributed by atoms with Crippen LogP contribution >= 0.6 is 23.1 Å². The number of benzene rings is 1. The molecule has 0 atom stereocenters. The molecule has 2 aromatic rings. The highest BCUT2D eigenvalue weighted by Crippen LogP contribution is 2.16. The molecule has 0 saturated carbocycles. The Bertz CT molecular complexity index is 644. The van der Waals surface area contributed by atoms with Crippen LogP contribution in [0.5, 0.6) is 0 Å². The summed E-state index contributed by atoms with van der Waals surface area (Å²) >= 11 is 6.86. The largest absolute Gasteiger partial charge is 0.354 e. The molecule has 0 aliphatic heterocycles. The second kappa shape index (κ2) is 6.44. The molecule has 104 valence electrons. The summed E-state index contributed by atoms with van der Waals surface area (Å²) in [7, 11) is 1.50. The van der Waals surface area contributed by atoms with Gasteiger partial charge in [0.15, 0.2) is 5.69 Å². The maximum atomic E-state index is 11.9. The van der Waals surface area contributed by atoms with E-state index in [1.165, 1.54) is 7.05 Å². The van der Waals surface area contributed by atoms with Crippen molar-refractivity contribution in [3.05, 3.63) is 39.9 Å². The minimum absolute atomic E-state index is 0.0347. The topological polar surface area (TPSA) is 84.0 Å². The fourth-order valence-corrected chi connectivity index (χ4v) is 2.36. The van der Waals surface area contributed by atoms with E-state index in [1.54, 1.807) is 24.3 Å². The second-order valence-electron chi connectivity index (χ2n) is 3.86. The van der Waals surface area contributed by atoms with E-state index in [4.69, 9.17) is 11.6 Å². The van der Waals surface area contributed by atoms with E-state index in [0.717, 1.165) is 11.5 Å². The first-order valence-corrected chi connectivity index (χ1v) is 6.84. The van der Waals surface area contributed by atoms with Gasteiger partial charge < -0.3 is 10.6 Å². The zero-order chi connectivity index (χ0) is 14.5. The van der Waals surface area contributed by atoms with Crippen LogP contribution in [0.3, 0.4) is 0 Å². The Hall–Kier alpha value is -1.99. The second-order valence-corrected chi connectivity index (χ2v) is 5.13. The molecular weight excluding hydrogens is 300 g/mol. The molecular formula is C12H11ClN4O2S. The molecule has 8 heteroatoms. The van der Waals surface area contributed by atoms with Crippen LogP contribution in [0.25, 0.3) is 0 Å². The van der Waals surface area contributed by atoms with E-state index in [0.29, 0.717) is 15.6 Å². The number of carbonyl (C=O) groups excluding carboxylic acids is 2. The van der Waals surface area contributed by atoms with Gasteiger partial charge in [-0.15, -0.1) is 5.10 Å². The quantitative estimate of drug-likeness (QED) is 0.901. The van der Waals surface area contributed by atoms with E-state index in [2.05, 4.69) is 20.2 Å². The normalized spacial score (nSPS) is 10.1. The molecule has 2 amide bonds. The average molecular weight is 311 g/mol. The number of hydrogen-bond acceptors (Lipinski definition) is 5. The summed E-state index contributed by atoms with van der Waals surface area (Å²) in [6, 6.07) is 6.83. The Morgan fingerprint density at radius 1 is 1.40 bits per heavy atom. The smallest absolute Gasteiger partial charge is 0.272 e. The van der Waals surface area contributed by atoms with Crippen LogP contribution in [0.2, 0.25) is 5.02 Å². The summed E-state index contributed by atoms with van der Waals surface area (Å²) in [5.41, 5.74) is 0.778. The van der Waals surface area contributed by atoms with Crippen LogP contribution < -0.4 is 10.6 Å². The third-order valence-corrected chi connectivity index (χ3v) is 3.38. The number of anilines is 1. The SMILES string of the molecule is CNC(=O)c1nnsc1CC(=O)Nc1cccc(Cl)c1. The van der Waals surface area contributed by atoms with E-state index in [1.807, 2.05) is 0 Å². The lowest BCUT2D eigenvalue weighted by atomic mass is 10.2. The summed E-state index contributed by atoms with van der Waals surface area (Å²) in [6.45, 7) is 0. The lowest BCUT2D eigenvalue weighted by molar-refractivity contribution is -0.115. The summed E-state index contributed by atoms with van der Waals surface area (Å²) in [6.07, 6.45) is 0.0347. The molecule has 6 nitrogen and oxygen atoms in total. The Labute approximate surface area is 124 Å². The van der Waals surface area contributed by atoms with E-state index in [-0.39, 0.29) is 23.9 Å². The zero-order valence-corrected chi connectivity index (χ0v) is 12.1. The van der Waals surface area contributed by atoms with Gasteiger partial charge in [0.1, 0.15) is 0 Å². The molecule has 20 heavy (non-hydrogen) atoms. The number of aromatic nitrogens is 2. The van der Waals surface area contributed by atoms with Crippen molar-refractivity contribution in [2.75, 3.05) is 12.4 Å². The molecule has 0 aliphatic rings. The van der Waals surface area contributed by atoms with Gasteiger partial charge in [-0.3, -0.25) is 9.59 Å². The molecule has 0 radical (unpaired) electrons. The first-order chi connectivity index (χ1) is 9.60. The average Bonchev–Trinajstić information content (AvgIpc) is 2.85. The fourth-order valence-electron chi connectivity index (χ4n) is 1.53. The Kier molecular flexibility index (Phi) is 4.65. The van der Waals surface area contributed by atoms with Gasteiger partial charge in [0.25, 0.3) is 5.91 Å². The molecule has 1 aromatic carbocycles. The number of nitrogens with one attached hydrogen (secondary N) is 2. The predicted molar refractivity (Wildman–Crippen MR) is 77.1 cm³/mol. The number of nitrogens with zero attached hydrogens (tertiary/aromatic N) is 2. The Morgan fingerprint density at radius 2 is 2.20 bits per heavy atom. The van der Waals surface area contributed by atoms with Crippen molar-refractivity contribution in [1.29, 1.82) is 0 Å². The van der Waals surface area contributed by atoms with Crippen molar-refractivity contribution in [3.8, 4) is 0 Å². The van der Waals surface area contributed by atoms with Gasteiger partial charge in [-0.2, -0.15) is 0 Å². The van der Waals surface area contributed by atoms with Crippen LogP contribution in [0.1, 0.15) is 15.4 Å². The van der Waals surface area contributed by atoms with Crippen molar-refractivity contribution in [2.24, 2.45) is 0 Å². The molecule has 0 unspecified atom stereocenters. The van der Waals surface area contributed by atoms with Gasteiger partial charge in [-0.05, 0) is 29.7 Å². The molecule has 1 aromatic heterocycles. The highest BCUT2D eigenvalue weighted by Gasteiger charge is 2.17. The van der Waals surface area contributed by atoms with Crippen LogP contribution in [-0.4, -0.2) is 28.4 Å². The van der Waals surface area contributed by atoms with E-state index >= 15 is 0 Å². The van der Waals surface area contributed by atoms with Crippen LogP contribution in [0, 0.1) is 0 Å². The number of amides is 2. The summed E-state index contributed by atoms with van der Waals surface area (Å²) < 4.78 is 3.70. The predicted octanol–water partition coefficient (Wildman–Crippen LogP) is 1.73. The summed E-state index contributed by atoms with van der Waals surface area (Å²) in [5.74, 6) is -0.618. The lowest BCUT2D eigenvalue weighted by Crippen LogP contribution is -2.21. The van der Waals surface area contributed by atoms with Crippen LogP contribution in [-0.2, 0) is 11.2 Å². The number of rotatable bonds is 4. The standard InChI is InChI=1S/C12H11ClN4O2S/c1-14-12(19)11-9(20-17-16-11)6-10(18)15-8-4-2-3-7(13)5-8/h2-5H,6H2,1H3,(H,14,19)(H,15,18). The van der Waals surface area contributed by atoms with Crippen molar-refractivity contribution in [1.82, 2.24) is 14.9 Å². The summed E-state index contributed by atoms with van der Waals surface area (Å²) in [4.78, 5) is 24.0. The first kappa shape index (κ1) is 14.4. The minimum Gasteiger partial charge on any atom is -0.354 e. The number of carbonyl (C=O) groups is 2. The van der Waals surface area contributed by atoms with E-state index < -0.39 is 0 Å². The van der Waals surface area contributed by atoms with Gasteiger partial charge in [-0.25, -0.2) is 0 Å². The maximum absolute atomic E-state index is 11.9. The maximum Gasteiger partial charge on any atom is 0.272 e. The highest BCUT2D eigenvalue weighted by molar-refractivity contribution is 7.06. The Balaban J connectivity index is 2.05. The molecule has 0 fully saturated rings. The fraction of sp³-hybridized carbons (Fsp3) is 0.167. The van der Waals surface area contributed by atoms with Gasteiger partial charge >= 0.3 is 0 Å².